The summed E-state index contributed by atoms with van der Waals surface area (Å²) in [5.41, 5.74) is 0.380. The summed E-state index contributed by atoms with van der Waals surface area (Å²) in [5.74, 6) is -1.00. The van der Waals surface area contributed by atoms with Crippen molar-refractivity contribution in [1.29, 1.82) is 0 Å². The van der Waals surface area contributed by atoms with Gasteiger partial charge in [0.05, 0.1) is 5.41 Å². The summed E-state index contributed by atoms with van der Waals surface area (Å²) in [6, 6.07) is 13.9. The van der Waals surface area contributed by atoms with Crippen molar-refractivity contribution in [3.05, 3.63) is 60.2 Å². The van der Waals surface area contributed by atoms with E-state index in [2.05, 4.69) is 10.1 Å². The van der Waals surface area contributed by atoms with E-state index in [1.54, 1.807) is 0 Å². The molecule has 32 heavy (non-hydrogen) atoms. The molecule has 9 heteroatoms. The molecule has 0 bridgehead atoms. The molecule has 0 spiro atoms. The van der Waals surface area contributed by atoms with Crippen LogP contribution in [0.1, 0.15) is 24.8 Å². The normalized spacial score (nSPS) is 20.8. The number of nitrogens with zero attached hydrogens (tertiary/aromatic N) is 1. The van der Waals surface area contributed by atoms with Crippen LogP contribution in [0.25, 0.3) is 0 Å². The van der Waals surface area contributed by atoms with E-state index in [0.717, 1.165) is 5.56 Å². The van der Waals surface area contributed by atoms with Crippen LogP contribution in [0.15, 0.2) is 54.6 Å². The van der Waals surface area contributed by atoms with E-state index < -0.39 is 23.6 Å². The van der Waals surface area contributed by atoms with Gasteiger partial charge in [0.1, 0.15) is 11.8 Å². The van der Waals surface area contributed by atoms with Crippen LogP contribution in [0.5, 0.6) is 5.75 Å². The summed E-state index contributed by atoms with van der Waals surface area (Å²) < 4.78 is 47.0. The molecule has 0 aromatic heterocycles. The van der Waals surface area contributed by atoms with Gasteiger partial charge in [-0.1, -0.05) is 36.4 Å². The monoisotopic (exact) mass is 448 g/mol. The molecule has 2 aliphatic rings. The summed E-state index contributed by atoms with van der Waals surface area (Å²) >= 11 is 0. The second-order valence-electron chi connectivity index (χ2n) is 7.91. The third kappa shape index (κ3) is 4.57. The summed E-state index contributed by atoms with van der Waals surface area (Å²) in [4.78, 5) is 27.7. The fourth-order valence-electron chi connectivity index (χ4n) is 4.34. The fourth-order valence-corrected chi connectivity index (χ4v) is 4.34. The lowest BCUT2D eigenvalue weighted by molar-refractivity contribution is -0.274. The molecule has 2 amide bonds. The molecule has 2 aromatic carbocycles. The van der Waals surface area contributed by atoms with Crippen LogP contribution < -0.4 is 15.0 Å². The predicted molar refractivity (Wildman–Crippen MR) is 110 cm³/mol. The highest BCUT2D eigenvalue weighted by molar-refractivity contribution is 6.02. The molecule has 6 nitrogen and oxygen atoms in total. The highest BCUT2D eigenvalue weighted by atomic mass is 19.4. The van der Waals surface area contributed by atoms with Crippen LogP contribution in [-0.2, 0) is 19.7 Å². The van der Waals surface area contributed by atoms with Gasteiger partial charge in [-0.05, 0) is 37.0 Å². The number of hydrogen-bond acceptors (Lipinski definition) is 4. The summed E-state index contributed by atoms with van der Waals surface area (Å²) in [5, 5.41) is 2.89. The van der Waals surface area contributed by atoms with E-state index in [4.69, 9.17) is 4.74 Å². The minimum absolute atomic E-state index is 0.235. The zero-order chi connectivity index (χ0) is 22.8. The summed E-state index contributed by atoms with van der Waals surface area (Å²) in [6.07, 6.45) is -3.45. The van der Waals surface area contributed by atoms with E-state index in [1.165, 1.54) is 29.2 Å². The first-order valence-corrected chi connectivity index (χ1v) is 10.4. The first kappa shape index (κ1) is 22.1. The maximum atomic E-state index is 13.4. The van der Waals surface area contributed by atoms with Crippen LogP contribution in [0.3, 0.4) is 0 Å². The highest BCUT2D eigenvalue weighted by Gasteiger charge is 2.44. The number of halogens is 3. The molecule has 1 atom stereocenters. The predicted octanol–water partition coefficient (Wildman–Crippen LogP) is 3.56. The van der Waals surface area contributed by atoms with Crippen molar-refractivity contribution in [2.75, 3.05) is 24.7 Å². The van der Waals surface area contributed by atoms with Crippen molar-refractivity contribution in [2.45, 2.75) is 37.1 Å². The van der Waals surface area contributed by atoms with Crippen LogP contribution in [0, 0.1) is 0 Å². The third-order valence-corrected chi connectivity index (χ3v) is 5.98. The molecular formula is C23H23F3N2O4. The molecule has 170 valence electrons. The van der Waals surface area contributed by atoms with E-state index in [-0.39, 0.29) is 24.0 Å². The largest absolute Gasteiger partial charge is 0.573 e. The van der Waals surface area contributed by atoms with E-state index >= 15 is 0 Å². The SMILES string of the molecule is O=C1C(NC(=O)C2(c3ccccc3)CCOCC2)CCN1c1cccc(OC(F)(F)F)c1. The number of carbonyl (C=O) groups is 2. The zero-order valence-electron chi connectivity index (χ0n) is 17.2. The van der Waals surface area contributed by atoms with Crippen molar-refractivity contribution >= 4 is 17.5 Å². The van der Waals surface area contributed by atoms with Crippen molar-refractivity contribution < 1.29 is 32.2 Å². The van der Waals surface area contributed by atoms with Gasteiger partial charge >= 0.3 is 6.36 Å². The molecule has 2 aliphatic heterocycles. The van der Waals surface area contributed by atoms with Crippen molar-refractivity contribution in [3.63, 3.8) is 0 Å². The molecule has 2 aromatic rings. The number of rotatable bonds is 5. The Balaban J connectivity index is 1.49. The summed E-state index contributed by atoms with van der Waals surface area (Å²) in [7, 11) is 0. The highest BCUT2D eigenvalue weighted by Crippen LogP contribution is 2.36. The zero-order valence-corrected chi connectivity index (χ0v) is 17.2. The number of anilines is 1. The minimum Gasteiger partial charge on any atom is -0.406 e. The first-order valence-electron chi connectivity index (χ1n) is 10.4. The molecular weight excluding hydrogens is 425 g/mol. The maximum absolute atomic E-state index is 13.4. The molecule has 2 saturated heterocycles. The third-order valence-electron chi connectivity index (χ3n) is 5.98. The number of carbonyl (C=O) groups excluding carboxylic acids is 2. The quantitative estimate of drug-likeness (QED) is 0.760. The molecule has 4 rings (SSSR count). The standard InChI is InChI=1S/C23H23F3N2O4/c24-23(25,26)32-18-8-4-7-17(15-18)28-12-9-19(20(28)29)27-21(30)22(10-13-31-14-11-22)16-5-2-1-3-6-16/h1-8,15,19H,9-14H2,(H,27,30). The lowest BCUT2D eigenvalue weighted by Crippen LogP contribution is -2.52. The second-order valence-corrected chi connectivity index (χ2v) is 7.91. The second kappa shape index (κ2) is 8.82. The van der Waals surface area contributed by atoms with E-state index in [1.807, 2.05) is 30.3 Å². The Morgan fingerprint density at radius 1 is 1.09 bits per heavy atom. The molecule has 2 heterocycles. The molecule has 0 saturated carbocycles. The van der Waals surface area contributed by atoms with Crippen LogP contribution in [0.2, 0.25) is 0 Å². The first-order chi connectivity index (χ1) is 15.3. The van der Waals surface area contributed by atoms with Gasteiger partial charge < -0.3 is 19.7 Å². The smallest absolute Gasteiger partial charge is 0.406 e. The average Bonchev–Trinajstić information content (AvgIpc) is 3.14. The van der Waals surface area contributed by atoms with Crippen LogP contribution in [-0.4, -0.2) is 44.0 Å². The van der Waals surface area contributed by atoms with Crippen LogP contribution >= 0.6 is 0 Å². The average molecular weight is 448 g/mol. The summed E-state index contributed by atoms with van der Waals surface area (Å²) in [6.45, 7) is 1.17. The van der Waals surface area contributed by atoms with Gasteiger partial charge in [-0.25, -0.2) is 0 Å². The van der Waals surface area contributed by atoms with Gasteiger partial charge in [-0.2, -0.15) is 0 Å². The van der Waals surface area contributed by atoms with Crippen molar-refractivity contribution in [3.8, 4) is 5.75 Å². The number of alkyl halides is 3. The number of hydrogen-bond donors (Lipinski definition) is 1. The Morgan fingerprint density at radius 2 is 1.81 bits per heavy atom. The Bertz CT molecular complexity index is 975. The van der Waals surface area contributed by atoms with Gasteiger partial charge in [0, 0.05) is 31.5 Å². The molecule has 1 N–H and O–H groups in total. The van der Waals surface area contributed by atoms with Crippen molar-refractivity contribution in [1.82, 2.24) is 5.32 Å². The van der Waals surface area contributed by atoms with Crippen LogP contribution in [0.4, 0.5) is 18.9 Å². The number of amides is 2. The van der Waals surface area contributed by atoms with Crippen molar-refractivity contribution in [2.24, 2.45) is 0 Å². The molecule has 0 aliphatic carbocycles. The molecule has 0 radical (unpaired) electrons. The molecule has 1 unspecified atom stereocenters. The molecule has 2 fully saturated rings. The van der Waals surface area contributed by atoms with E-state index in [9.17, 15) is 22.8 Å². The Kier molecular flexibility index (Phi) is 6.10. The number of benzene rings is 2. The van der Waals surface area contributed by atoms with Gasteiger partial charge in [0.25, 0.3) is 0 Å². The number of ether oxygens (including phenoxy) is 2. The Labute approximate surface area is 183 Å². The van der Waals surface area contributed by atoms with Gasteiger partial charge in [-0.3, -0.25) is 9.59 Å². The topological polar surface area (TPSA) is 67.9 Å². The lowest BCUT2D eigenvalue weighted by Gasteiger charge is -2.37. The Morgan fingerprint density at radius 3 is 2.50 bits per heavy atom. The maximum Gasteiger partial charge on any atom is 0.573 e. The van der Waals surface area contributed by atoms with E-state index in [0.29, 0.717) is 32.5 Å². The number of nitrogens with one attached hydrogen (secondary N) is 1. The fraction of sp³-hybridized carbons (Fsp3) is 0.391. The van der Waals surface area contributed by atoms with Gasteiger partial charge in [0.2, 0.25) is 11.8 Å². The van der Waals surface area contributed by atoms with Gasteiger partial charge in [0.15, 0.2) is 0 Å². The lowest BCUT2D eigenvalue weighted by atomic mass is 9.73. The minimum atomic E-state index is -4.82. The van der Waals surface area contributed by atoms with Gasteiger partial charge in [-0.15, -0.1) is 13.2 Å². The Hall–Kier alpha value is -3.07.